The van der Waals surface area contributed by atoms with Crippen molar-refractivity contribution in [1.82, 2.24) is 4.48 Å². The molecule has 1 aromatic carbocycles. The van der Waals surface area contributed by atoms with E-state index in [9.17, 15) is 0 Å². The third kappa shape index (κ3) is 37.3. The van der Waals surface area contributed by atoms with Gasteiger partial charge >= 0.3 is 0 Å². The summed E-state index contributed by atoms with van der Waals surface area (Å²) in [6.45, 7) is 14.1. The maximum Gasteiger partial charge on any atom is 0.183 e. The lowest BCUT2D eigenvalue weighted by molar-refractivity contribution is -0.694. The fourth-order valence-corrected chi connectivity index (χ4v) is 12.1. The topological polar surface area (TPSA) is 3.88 Å². The molecule has 2 rings (SSSR count). The van der Waals surface area contributed by atoms with E-state index in [0.717, 1.165) is 11.0 Å². The van der Waals surface area contributed by atoms with E-state index in [1.165, 1.54) is 343 Å². The molecule has 72 heavy (non-hydrogen) atoms. The Balaban J connectivity index is 1.87. The highest BCUT2D eigenvalue weighted by Crippen LogP contribution is 2.30. The van der Waals surface area contributed by atoms with Crippen LogP contribution in [0, 0.1) is 0 Å². The Hall–Kier alpha value is -1.45. The molecule has 0 amide bonds. The van der Waals surface area contributed by atoms with Crippen LogP contribution in [0.1, 0.15) is 347 Å². The van der Waals surface area contributed by atoms with Gasteiger partial charge in [0.15, 0.2) is 12.4 Å². The van der Waals surface area contributed by atoms with Crippen LogP contribution in [0.2, 0.25) is 0 Å². The molecule has 0 radical (unpaired) electrons. The quantitative estimate of drug-likeness (QED) is 0.0353. The van der Waals surface area contributed by atoms with Crippen LogP contribution in [0.3, 0.4) is 0 Å². The summed E-state index contributed by atoms with van der Waals surface area (Å²) in [4.78, 5) is 0. The molecule has 0 N–H and O–H groups in total. The van der Waals surface area contributed by atoms with Crippen molar-refractivity contribution in [2.24, 2.45) is 0 Å². The van der Waals surface area contributed by atoms with Crippen molar-refractivity contribution in [3.8, 4) is 0 Å². The van der Waals surface area contributed by atoms with Crippen LogP contribution in [0.5, 0.6) is 0 Å². The summed E-state index contributed by atoms with van der Waals surface area (Å²) in [6, 6.07) is 12.1. The second-order valence-electron chi connectivity index (χ2n) is 23.2. The fraction of sp³-hybridized carbons (Fsp3) is 0.812. The lowest BCUT2D eigenvalue weighted by Crippen LogP contribution is -2.51. The standard InChI is InChI=1S/C69H125BrN2/c1-5-9-12-15-18-21-23-25-27-29-31-33-35-37-39-41-43-46-49-52-63-72(62-51-48-45-20-17-14-11-7-3,68-58-55-66(56-59-68)54-57-67-60-61-71(8-4)65-69(67)70)64-53-50-47-44-42-40-38-36-34-32-30-28-26-24-22-19-16-13-10-6-2/h54-61,65H,5-53,62-64H2,1-4H3/q+2. The van der Waals surface area contributed by atoms with Crippen molar-refractivity contribution in [3.05, 3.63) is 58.3 Å². The van der Waals surface area contributed by atoms with Gasteiger partial charge in [0.25, 0.3) is 0 Å². The smallest absolute Gasteiger partial charge is 0.183 e. The minimum Gasteiger partial charge on any atom is -0.291 e. The second kappa shape index (κ2) is 50.4. The average molecular weight is 1060 g/mol. The van der Waals surface area contributed by atoms with Crippen LogP contribution in [-0.4, -0.2) is 19.6 Å². The number of aryl methyl sites for hydroxylation is 1. The molecular weight excluding hydrogens is 937 g/mol. The van der Waals surface area contributed by atoms with Crippen molar-refractivity contribution in [2.75, 3.05) is 19.6 Å². The van der Waals surface area contributed by atoms with Gasteiger partial charge in [0.2, 0.25) is 0 Å². The Morgan fingerprint density at radius 2 is 0.597 bits per heavy atom. The Labute approximate surface area is 460 Å². The Morgan fingerprint density at radius 3 is 0.847 bits per heavy atom. The molecule has 0 aliphatic rings. The molecule has 2 aromatic rings. The monoisotopic (exact) mass is 1060 g/mol. The van der Waals surface area contributed by atoms with Crippen LogP contribution < -0.4 is 9.05 Å². The van der Waals surface area contributed by atoms with Crippen LogP contribution in [0.15, 0.2) is 47.2 Å². The maximum atomic E-state index is 3.82. The number of benzene rings is 1. The van der Waals surface area contributed by atoms with Gasteiger partial charge in [0, 0.05) is 11.6 Å². The van der Waals surface area contributed by atoms with E-state index >= 15 is 0 Å². The summed E-state index contributed by atoms with van der Waals surface area (Å²) >= 11 is 3.82. The molecule has 0 saturated carbocycles. The summed E-state index contributed by atoms with van der Waals surface area (Å²) in [5, 5.41) is 0. The fourth-order valence-electron chi connectivity index (χ4n) is 11.5. The van der Waals surface area contributed by atoms with Gasteiger partial charge in [0.1, 0.15) is 12.2 Å². The molecule has 0 saturated heterocycles. The van der Waals surface area contributed by atoms with Gasteiger partial charge < -0.3 is 0 Å². The van der Waals surface area contributed by atoms with Gasteiger partial charge in [-0.2, -0.15) is 0 Å². The van der Waals surface area contributed by atoms with Crippen molar-refractivity contribution in [2.45, 2.75) is 342 Å². The summed E-state index contributed by atoms with van der Waals surface area (Å²) < 4.78 is 4.59. The Bertz CT molecular complexity index is 1400. The lowest BCUT2D eigenvalue weighted by atomic mass is 10.0. The molecule has 3 heteroatoms. The van der Waals surface area contributed by atoms with E-state index < -0.39 is 0 Å². The predicted octanol–water partition coefficient (Wildman–Crippen LogP) is 24.0. The number of halogens is 1. The van der Waals surface area contributed by atoms with Crippen LogP contribution in [0.4, 0.5) is 5.69 Å². The first-order valence-corrected chi connectivity index (χ1v) is 33.7. The summed E-state index contributed by atoms with van der Waals surface area (Å²) in [7, 11) is 0. The maximum absolute atomic E-state index is 3.82. The molecule has 0 spiro atoms. The van der Waals surface area contributed by atoms with Gasteiger partial charge in [-0.15, -0.1) is 0 Å². The van der Waals surface area contributed by atoms with E-state index in [1.807, 2.05) is 0 Å². The molecule has 1 aromatic heterocycles. The first-order chi connectivity index (χ1) is 35.6. The summed E-state index contributed by atoms with van der Waals surface area (Å²) in [5.74, 6) is 0. The average Bonchev–Trinajstić information content (AvgIpc) is 3.40. The number of rotatable bonds is 55. The summed E-state index contributed by atoms with van der Waals surface area (Å²) in [5.41, 5.74) is 4.12. The second-order valence-corrected chi connectivity index (χ2v) is 24.1. The highest BCUT2D eigenvalue weighted by Gasteiger charge is 2.29. The van der Waals surface area contributed by atoms with E-state index in [1.54, 1.807) is 5.69 Å². The third-order valence-corrected chi connectivity index (χ3v) is 17.2. The highest BCUT2D eigenvalue weighted by atomic mass is 79.9. The highest BCUT2D eigenvalue weighted by molar-refractivity contribution is 9.10. The molecule has 416 valence electrons. The lowest BCUT2D eigenvalue weighted by Gasteiger charge is -2.39. The normalized spacial score (nSPS) is 12.0. The van der Waals surface area contributed by atoms with E-state index in [2.05, 4.69) is 103 Å². The number of quaternary nitrogens is 1. The largest absolute Gasteiger partial charge is 0.291 e. The Morgan fingerprint density at radius 1 is 0.333 bits per heavy atom. The number of aromatic nitrogens is 1. The van der Waals surface area contributed by atoms with Crippen molar-refractivity contribution in [1.29, 1.82) is 0 Å². The first-order valence-electron chi connectivity index (χ1n) is 32.9. The summed E-state index contributed by atoms with van der Waals surface area (Å²) in [6.07, 6.45) is 78.1. The molecule has 0 aliphatic heterocycles. The Kier molecular flexibility index (Phi) is 46.6. The van der Waals surface area contributed by atoms with Crippen LogP contribution >= 0.6 is 15.9 Å². The zero-order valence-electron chi connectivity index (χ0n) is 49.2. The van der Waals surface area contributed by atoms with E-state index in [4.69, 9.17) is 0 Å². The van der Waals surface area contributed by atoms with Crippen LogP contribution in [0.25, 0.3) is 12.2 Å². The molecule has 0 atom stereocenters. The number of pyridine rings is 1. The molecule has 0 unspecified atom stereocenters. The predicted molar refractivity (Wildman–Crippen MR) is 330 cm³/mol. The minimum absolute atomic E-state index is 0.988. The molecule has 2 nitrogen and oxygen atoms in total. The number of nitrogens with zero attached hydrogens (tertiary/aromatic N) is 2. The van der Waals surface area contributed by atoms with Gasteiger partial charge in [-0.25, -0.2) is 4.57 Å². The number of hydrogen-bond donors (Lipinski definition) is 0. The molecule has 0 bridgehead atoms. The van der Waals surface area contributed by atoms with Gasteiger partial charge in [-0.1, -0.05) is 303 Å². The minimum atomic E-state index is 0.988. The molecule has 0 aliphatic carbocycles. The molecular formula is C69H125BrN2+2. The number of hydrogen-bond acceptors (Lipinski definition) is 0. The van der Waals surface area contributed by atoms with Crippen molar-refractivity contribution >= 4 is 33.8 Å². The molecule has 0 fully saturated rings. The number of unbranched alkanes of at least 4 members (excludes halogenated alkanes) is 45. The van der Waals surface area contributed by atoms with Crippen molar-refractivity contribution in [3.63, 3.8) is 0 Å². The van der Waals surface area contributed by atoms with E-state index in [0.29, 0.717) is 0 Å². The van der Waals surface area contributed by atoms with Gasteiger partial charge in [-0.05, 0) is 91.2 Å². The SMILES string of the molecule is CCCCCCCCCCCCCCCCCCCCCC[N+](CCCCCCCCCC)(CCCCCCCCCCCCCCCCCCCCCC)c1ccc(C=Cc2cc[n+](CC)cc2Br)cc1. The zero-order valence-corrected chi connectivity index (χ0v) is 50.8. The van der Waals surface area contributed by atoms with Crippen molar-refractivity contribution < 1.29 is 4.57 Å². The van der Waals surface area contributed by atoms with Gasteiger partial charge in [0.05, 0.1) is 24.1 Å². The van der Waals surface area contributed by atoms with Crippen LogP contribution in [-0.2, 0) is 6.54 Å². The van der Waals surface area contributed by atoms with Gasteiger partial charge in [-0.3, -0.25) is 4.48 Å². The molecule has 1 heterocycles. The first kappa shape index (κ1) is 66.7. The van der Waals surface area contributed by atoms with E-state index in [-0.39, 0.29) is 0 Å². The zero-order chi connectivity index (χ0) is 51.5. The third-order valence-electron chi connectivity index (χ3n) is 16.6.